The highest BCUT2D eigenvalue weighted by Gasteiger charge is 2.16. The lowest BCUT2D eigenvalue weighted by atomic mass is 10.1. The van der Waals surface area contributed by atoms with Crippen LogP contribution in [0.4, 0.5) is 13.2 Å². The minimum atomic E-state index is -1.61. The van der Waals surface area contributed by atoms with Gasteiger partial charge in [-0.25, -0.2) is 13.2 Å². The van der Waals surface area contributed by atoms with Gasteiger partial charge in [-0.3, -0.25) is 4.79 Å². The van der Waals surface area contributed by atoms with Crippen LogP contribution >= 0.6 is 0 Å². The van der Waals surface area contributed by atoms with Crippen LogP contribution in [0.5, 0.6) is 0 Å². The Bertz CT molecular complexity index is 637. The normalized spacial score (nSPS) is 11.1. The third kappa shape index (κ3) is 1.91. The molecule has 0 aliphatic heterocycles. The summed E-state index contributed by atoms with van der Waals surface area (Å²) in [6.07, 6.45) is 0. The van der Waals surface area contributed by atoms with Crippen molar-refractivity contribution in [2.45, 2.75) is 6.61 Å². The molecule has 3 nitrogen and oxygen atoms in total. The van der Waals surface area contributed by atoms with Crippen LogP contribution in [0.3, 0.4) is 0 Å². The molecule has 0 amide bonds. The zero-order chi connectivity index (χ0) is 12.6. The van der Waals surface area contributed by atoms with Gasteiger partial charge in [-0.1, -0.05) is 0 Å². The van der Waals surface area contributed by atoms with E-state index < -0.39 is 22.9 Å². The molecule has 1 aromatic carbocycles. The molecule has 0 saturated heterocycles. The predicted octanol–water partition coefficient (Wildman–Crippen LogP) is 2.09. The molecule has 0 spiro atoms. The first kappa shape index (κ1) is 11.7. The molecule has 0 atom stereocenters. The summed E-state index contributed by atoms with van der Waals surface area (Å²) in [6.45, 7) is 0.0453. The summed E-state index contributed by atoms with van der Waals surface area (Å²) in [5, 5.41) is -0.235. The first-order valence-corrected chi connectivity index (χ1v) is 4.73. The second-order valence-corrected chi connectivity index (χ2v) is 3.50. The van der Waals surface area contributed by atoms with Crippen LogP contribution in [0.15, 0.2) is 16.9 Å². The Morgan fingerprint density at radius 1 is 1.24 bits per heavy atom. The number of aromatic amines is 1. The second-order valence-electron chi connectivity index (χ2n) is 3.50. The summed E-state index contributed by atoms with van der Waals surface area (Å²) < 4.78 is 44.2. The summed E-state index contributed by atoms with van der Waals surface area (Å²) >= 11 is 0. The van der Waals surface area contributed by atoms with Crippen molar-refractivity contribution in [3.8, 4) is 0 Å². The van der Waals surface area contributed by atoms with Crippen molar-refractivity contribution >= 4 is 10.9 Å². The van der Waals surface area contributed by atoms with Gasteiger partial charge in [-0.05, 0) is 6.07 Å². The third-order valence-electron chi connectivity index (χ3n) is 2.32. The van der Waals surface area contributed by atoms with Crippen molar-refractivity contribution in [2.24, 2.45) is 0 Å². The highest BCUT2D eigenvalue weighted by molar-refractivity contribution is 5.79. The molecule has 6 heteroatoms. The van der Waals surface area contributed by atoms with Gasteiger partial charge in [0, 0.05) is 18.9 Å². The Labute approximate surface area is 93.8 Å². The average Bonchev–Trinajstić information content (AvgIpc) is 2.29. The maximum Gasteiger partial charge on any atom is 0.196 e. The molecule has 2 aromatic rings. The van der Waals surface area contributed by atoms with Gasteiger partial charge in [0.1, 0.15) is 0 Å². The zero-order valence-electron chi connectivity index (χ0n) is 8.81. The van der Waals surface area contributed by atoms with Gasteiger partial charge in [0.05, 0.1) is 17.5 Å². The van der Waals surface area contributed by atoms with Crippen molar-refractivity contribution < 1.29 is 17.9 Å². The topological polar surface area (TPSA) is 42.1 Å². The molecule has 0 aliphatic rings. The van der Waals surface area contributed by atoms with Crippen molar-refractivity contribution in [1.29, 1.82) is 0 Å². The number of halogens is 3. The SMILES string of the molecule is COCc1cc(=O)c2cc(F)c(F)c(F)c2[nH]1. The molecule has 1 aromatic heterocycles. The first-order chi connectivity index (χ1) is 8.04. The van der Waals surface area contributed by atoms with E-state index in [9.17, 15) is 18.0 Å². The van der Waals surface area contributed by atoms with Crippen LogP contribution in [0.2, 0.25) is 0 Å². The van der Waals surface area contributed by atoms with Crippen molar-refractivity contribution in [2.75, 3.05) is 7.11 Å². The summed E-state index contributed by atoms with van der Waals surface area (Å²) in [5.74, 6) is -4.40. The van der Waals surface area contributed by atoms with Gasteiger partial charge in [0.25, 0.3) is 0 Å². The van der Waals surface area contributed by atoms with E-state index in [2.05, 4.69) is 4.98 Å². The van der Waals surface area contributed by atoms with Crippen molar-refractivity contribution in [3.05, 3.63) is 45.5 Å². The fourth-order valence-electron chi connectivity index (χ4n) is 1.58. The molecule has 0 bridgehead atoms. The summed E-state index contributed by atoms with van der Waals surface area (Å²) in [7, 11) is 1.39. The standard InChI is InChI=1S/C11H8F3NO2/c1-17-4-5-2-8(16)6-3-7(12)9(13)10(14)11(6)15-5/h2-3H,4H2,1H3,(H,15,16). The van der Waals surface area contributed by atoms with Gasteiger partial charge in [-0.15, -0.1) is 0 Å². The quantitative estimate of drug-likeness (QED) is 0.820. The number of benzene rings is 1. The molecule has 90 valence electrons. The second kappa shape index (κ2) is 4.21. The van der Waals surface area contributed by atoms with Crippen LogP contribution in [-0.2, 0) is 11.3 Å². The van der Waals surface area contributed by atoms with Crippen LogP contribution < -0.4 is 5.43 Å². The number of pyridine rings is 1. The molecule has 0 fully saturated rings. The number of fused-ring (bicyclic) bond motifs is 1. The van der Waals surface area contributed by atoms with E-state index in [4.69, 9.17) is 4.74 Å². The Balaban J connectivity index is 2.83. The molecular weight excluding hydrogens is 235 g/mol. The molecule has 0 saturated carbocycles. The number of nitrogens with one attached hydrogen (secondary N) is 1. The Morgan fingerprint density at radius 3 is 2.59 bits per heavy atom. The van der Waals surface area contributed by atoms with Crippen molar-refractivity contribution in [3.63, 3.8) is 0 Å². The smallest absolute Gasteiger partial charge is 0.196 e. The minimum absolute atomic E-state index is 0.0453. The molecule has 0 unspecified atom stereocenters. The minimum Gasteiger partial charge on any atom is -0.378 e. The van der Waals surface area contributed by atoms with E-state index in [0.29, 0.717) is 6.07 Å². The monoisotopic (exact) mass is 243 g/mol. The van der Waals surface area contributed by atoms with Gasteiger partial charge >= 0.3 is 0 Å². The molecule has 17 heavy (non-hydrogen) atoms. The van der Waals surface area contributed by atoms with E-state index in [1.807, 2.05) is 0 Å². The predicted molar refractivity (Wildman–Crippen MR) is 55.2 cm³/mol. The number of hydrogen-bond donors (Lipinski definition) is 1. The highest BCUT2D eigenvalue weighted by Crippen LogP contribution is 2.19. The van der Waals surface area contributed by atoms with E-state index >= 15 is 0 Å². The third-order valence-corrected chi connectivity index (χ3v) is 2.32. The van der Waals surface area contributed by atoms with Gasteiger partial charge in [0.2, 0.25) is 0 Å². The maximum atomic E-state index is 13.4. The largest absolute Gasteiger partial charge is 0.378 e. The van der Waals surface area contributed by atoms with Crippen LogP contribution in [0.1, 0.15) is 5.69 Å². The molecule has 1 heterocycles. The zero-order valence-corrected chi connectivity index (χ0v) is 8.81. The fourth-order valence-corrected chi connectivity index (χ4v) is 1.58. The molecule has 1 N–H and O–H groups in total. The number of hydrogen-bond acceptors (Lipinski definition) is 2. The number of aromatic nitrogens is 1. The van der Waals surface area contributed by atoms with Crippen LogP contribution in [0.25, 0.3) is 10.9 Å². The summed E-state index contributed by atoms with van der Waals surface area (Å²) in [5.41, 5.74) is -0.665. The summed E-state index contributed by atoms with van der Waals surface area (Å²) in [4.78, 5) is 14.1. The van der Waals surface area contributed by atoms with E-state index in [0.717, 1.165) is 6.07 Å². The van der Waals surface area contributed by atoms with E-state index in [-0.39, 0.29) is 23.2 Å². The van der Waals surface area contributed by atoms with Gasteiger partial charge in [-0.2, -0.15) is 0 Å². The highest BCUT2D eigenvalue weighted by atomic mass is 19.2. The van der Waals surface area contributed by atoms with Gasteiger partial charge < -0.3 is 9.72 Å². The van der Waals surface area contributed by atoms with Crippen molar-refractivity contribution in [1.82, 2.24) is 4.98 Å². The lowest BCUT2D eigenvalue weighted by Gasteiger charge is -2.05. The number of methoxy groups -OCH3 is 1. The number of rotatable bonds is 2. The molecular formula is C11H8F3NO2. The number of H-pyrrole nitrogens is 1. The fraction of sp³-hybridized carbons (Fsp3) is 0.182. The van der Waals surface area contributed by atoms with Crippen LogP contribution in [0, 0.1) is 17.5 Å². The Hall–Kier alpha value is -1.82. The molecule has 2 rings (SSSR count). The number of ether oxygens (including phenoxy) is 1. The molecule has 0 radical (unpaired) electrons. The maximum absolute atomic E-state index is 13.4. The summed E-state index contributed by atoms with van der Waals surface area (Å²) in [6, 6.07) is 1.83. The lowest BCUT2D eigenvalue weighted by molar-refractivity contribution is 0.181. The van der Waals surface area contributed by atoms with Crippen LogP contribution in [-0.4, -0.2) is 12.1 Å². The molecule has 0 aliphatic carbocycles. The van der Waals surface area contributed by atoms with E-state index in [1.165, 1.54) is 7.11 Å². The first-order valence-electron chi connectivity index (χ1n) is 4.73. The lowest BCUT2D eigenvalue weighted by Crippen LogP contribution is -2.09. The Kier molecular flexibility index (Phi) is 2.89. The average molecular weight is 243 g/mol. The van der Waals surface area contributed by atoms with E-state index in [1.54, 1.807) is 0 Å². The Morgan fingerprint density at radius 2 is 1.94 bits per heavy atom. The van der Waals surface area contributed by atoms with Gasteiger partial charge in [0.15, 0.2) is 22.9 Å².